The van der Waals surface area contributed by atoms with Crippen LogP contribution in [0.5, 0.6) is 0 Å². The second-order valence-electron chi connectivity index (χ2n) is 8.77. The SMILES string of the molecule is C[C@H](C[C@H](Cc1ccc([N+](=O)[O-])cc1)NC(=O)OCC1c2ccccc2-c2ccccc21)C(=O)O. The largest absolute Gasteiger partial charge is 0.481 e. The molecule has 0 bridgehead atoms. The number of nitrogens with one attached hydrogen (secondary N) is 1. The van der Waals surface area contributed by atoms with Crippen molar-refractivity contribution in [3.05, 3.63) is 99.6 Å². The van der Waals surface area contributed by atoms with Gasteiger partial charge in [0, 0.05) is 24.1 Å². The van der Waals surface area contributed by atoms with Gasteiger partial charge in [0.15, 0.2) is 0 Å². The van der Waals surface area contributed by atoms with E-state index < -0.39 is 28.9 Å². The van der Waals surface area contributed by atoms with Crippen molar-refractivity contribution in [3.8, 4) is 11.1 Å². The number of carboxylic acid groups (broad SMARTS) is 1. The lowest BCUT2D eigenvalue weighted by Gasteiger charge is -2.21. The maximum atomic E-state index is 12.7. The van der Waals surface area contributed by atoms with E-state index in [1.807, 2.05) is 36.4 Å². The van der Waals surface area contributed by atoms with Crippen LogP contribution in [0.1, 0.15) is 36.0 Å². The Morgan fingerprint density at radius 1 is 1.00 bits per heavy atom. The summed E-state index contributed by atoms with van der Waals surface area (Å²) in [6.45, 7) is 1.73. The maximum absolute atomic E-state index is 12.7. The second kappa shape index (κ2) is 10.4. The lowest BCUT2D eigenvalue weighted by atomic mass is 9.96. The first kappa shape index (κ1) is 23.9. The van der Waals surface area contributed by atoms with Crippen LogP contribution >= 0.6 is 0 Å². The van der Waals surface area contributed by atoms with E-state index in [0.717, 1.165) is 27.8 Å². The third-order valence-electron chi connectivity index (χ3n) is 6.35. The van der Waals surface area contributed by atoms with Gasteiger partial charge in [0.2, 0.25) is 0 Å². The predicted octanol–water partition coefficient (Wildman–Crippen LogP) is 5.16. The molecule has 8 heteroatoms. The summed E-state index contributed by atoms with van der Waals surface area (Å²) in [6, 6.07) is 21.6. The molecule has 0 unspecified atom stereocenters. The van der Waals surface area contributed by atoms with Gasteiger partial charge in [-0.05, 0) is 40.7 Å². The van der Waals surface area contributed by atoms with Crippen LogP contribution in [0.2, 0.25) is 0 Å². The van der Waals surface area contributed by atoms with Gasteiger partial charge in [0.05, 0.1) is 10.8 Å². The van der Waals surface area contributed by atoms with Gasteiger partial charge in [-0.1, -0.05) is 67.6 Å². The van der Waals surface area contributed by atoms with Gasteiger partial charge in [-0.2, -0.15) is 0 Å². The molecule has 3 aromatic rings. The number of ether oxygens (including phenoxy) is 1. The summed E-state index contributed by atoms with van der Waals surface area (Å²) in [5.41, 5.74) is 5.17. The van der Waals surface area contributed by atoms with Crippen molar-refractivity contribution >= 4 is 17.7 Å². The molecule has 0 aliphatic heterocycles. The van der Waals surface area contributed by atoms with Crippen molar-refractivity contribution in [2.75, 3.05) is 6.61 Å². The number of nitro benzene ring substituents is 1. The van der Waals surface area contributed by atoms with Gasteiger partial charge in [0.25, 0.3) is 5.69 Å². The summed E-state index contributed by atoms with van der Waals surface area (Å²) in [6.07, 6.45) is -0.118. The molecule has 1 aliphatic rings. The Bertz CT molecular complexity index is 1190. The molecule has 35 heavy (non-hydrogen) atoms. The smallest absolute Gasteiger partial charge is 0.407 e. The van der Waals surface area contributed by atoms with Gasteiger partial charge < -0.3 is 15.2 Å². The average Bonchev–Trinajstić information content (AvgIpc) is 3.16. The van der Waals surface area contributed by atoms with E-state index in [1.54, 1.807) is 19.1 Å². The van der Waals surface area contributed by atoms with Gasteiger partial charge in [0.1, 0.15) is 6.61 Å². The van der Waals surface area contributed by atoms with Crippen molar-refractivity contribution in [1.82, 2.24) is 5.32 Å². The molecule has 3 aromatic carbocycles. The first-order valence-electron chi connectivity index (χ1n) is 11.4. The minimum Gasteiger partial charge on any atom is -0.481 e. The third-order valence-corrected chi connectivity index (χ3v) is 6.35. The van der Waals surface area contributed by atoms with Crippen molar-refractivity contribution in [2.24, 2.45) is 5.92 Å². The van der Waals surface area contributed by atoms with Crippen LogP contribution in [-0.2, 0) is 16.0 Å². The molecule has 4 rings (SSSR count). The van der Waals surface area contributed by atoms with Gasteiger partial charge in [-0.3, -0.25) is 14.9 Å². The van der Waals surface area contributed by atoms with Crippen molar-refractivity contribution < 1.29 is 24.4 Å². The molecule has 0 heterocycles. The molecular weight excluding hydrogens is 448 g/mol. The topological polar surface area (TPSA) is 119 Å². The number of amides is 1. The molecule has 2 atom stereocenters. The Kier molecular flexibility index (Phi) is 7.10. The van der Waals surface area contributed by atoms with Crippen LogP contribution in [0.3, 0.4) is 0 Å². The molecule has 1 amide bonds. The third kappa shape index (κ3) is 5.48. The number of hydrogen-bond donors (Lipinski definition) is 2. The monoisotopic (exact) mass is 474 g/mol. The molecule has 1 aliphatic carbocycles. The minimum absolute atomic E-state index is 0.0336. The standard InChI is InChI=1S/C27H26N2O6/c1-17(26(30)31)14-19(15-18-10-12-20(13-11-18)29(33)34)28-27(32)35-16-25-23-8-4-2-6-21(23)22-7-3-5-9-24(22)25/h2-13,17,19,25H,14-16H2,1H3,(H,28,32)(H,30,31)/t17-,19-/m1/s1. The Morgan fingerprint density at radius 2 is 1.57 bits per heavy atom. The summed E-state index contributed by atoms with van der Waals surface area (Å²) < 4.78 is 5.61. The van der Waals surface area contributed by atoms with E-state index in [4.69, 9.17) is 4.74 Å². The molecular formula is C27H26N2O6. The van der Waals surface area contributed by atoms with Crippen LogP contribution in [0, 0.1) is 16.0 Å². The molecule has 0 saturated carbocycles. The number of carbonyl (C=O) groups is 2. The van der Waals surface area contributed by atoms with E-state index in [9.17, 15) is 24.8 Å². The Labute approximate surface area is 202 Å². The highest BCUT2D eigenvalue weighted by atomic mass is 16.6. The van der Waals surface area contributed by atoms with E-state index in [2.05, 4.69) is 17.4 Å². The quantitative estimate of drug-likeness (QED) is 0.327. The number of benzene rings is 3. The lowest BCUT2D eigenvalue weighted by Crippen LogP contribution is -2.39. The van der Waals surface area contributed by atoms with E-state index in [1.165, 1.54) is 12.1 Å². The summed E-state index contributed by atoms with van der Waals surface area (Å²) in [4.78, 5) is 34.6. The normalized spacial score (nSPS) is 13.9. The molecule has 8 nitrogen and oxygen atoms in total. The van der Waals surface area contributed by atoms with Crippen LogP contribution in [-0.4, -0.2) is 34.7 Å². The number of aliphatic carboxylic acids is 1. The fraction of sp³-hybridized carbons (Fsp3) is 0.259. The van der Waals surface area contributed by atoms with E-state index in [-0.39, 0.29) is 24.6 Å². The lowest BCUT2D eigenvalue weighted by molar-refractivity contribution is -0.384. The zero-order valence-electron chi connectivity index (χ0n) is 19.2. The summed E-state index contributed by atoms with van der Waals surface area (Å²) in [5.74, 6) is -1.74. The number of nitro groups is 1. The van der Waals surface area contributed by atoms with Crippen molar-refractivity contribution in [2.45, 2.75) is 31.7 Å². The second-order valence-corrected chi connectivity index (χ2v) is 8.77. The molecule has 0 radical (unpaired) electrons. The van der Waals surface area contributed by atoms with Gasteiger partial charge in [-0.15, -0.1) is 0 Å². The number of non-ortho nitro benzene ring substituents is 1. The first-order valence-corrected chi connectivity index (χ1v) is 11.4. The molecule has 0 aromatic heterocycles. The number of alkyl carbamates (subject to hydrolysis) is 1. The Hall–Kier alpha value is -4.20. The number of fused-ring (bicyclic) bond motifs is 3. The number of rotatable bonds is 9. The molecule has 0 spiro atoms. The fourth-order valence-corrected chi connectivity index (χ4v) is 4.57. The Balaban J connectivity index is 1.44. The van der Waals surface area contributed by atoms with Gasteiger partial charge >= 0.3 is 12.1 Å². The number of carboxylic acids is 1. The summed E-state index contributed by atoms with van der Waals surface area (Å²) in [5, 5.41) is 23.0. The van der Waals surface area contributed by atoms with Crippen LogP contribution < -0.4 is 5.32 Å². The molecule has 0 saturated heterocycles. The molecule has 2 N–H and O–H groups in total. The maximum Gasteiger partial charge on any atom is 0.407 e. The fourth-order valence-electron chi connectivity index (χ4n) is 4.57. The van der Waals surface area contributed by atoms with Crippen LogP contribution in [0.4, 0.5) is 10.5 Å². The minimum atomic E-state index is -0.965. The van der Waals surface area contributed by atoms with E-state index in [0.29, 0.717) is 6.42 Å². The number of hydrogen-bond acceptors (Lipinski definition) is 5. The summed E-state index contributed by atoms with van der Waals surface area (Å²) in [7, 11) is 0. The molecule has 0 fully saturated rings. The number of nitrogens with zero attached hydrogens (tertiary/aromatic N) is 1. The summed E-state index contributed by atoms with van der Waals surface area (Å²) >= 11 is 0. The zero-order valence-corrected chi connectivity index (χ0v) is 19.2. The van der Waals surface area contributed by atoms with Crippen molar-refractivity contribution in [3.63, 3.8) is 0 Å². The van der Waals surface area contributed by atoms with Gasteiger partial charge in [-0.25, -0.2) is 4.79 Å². The Morgan fingerprint density at radius 3 is 2.11 bits per heavy atom. The van der Waals surface area contributed by atoms with E-state index >= 15 is 0 Å². The number of carbonyl (C=O) groups excluding carboxylic acids is 1. The highest BCUT2D eigenvalue weighted by Gasteiger charge is 2.29. The van der Waals surface area contributed by atoms with Crippen LogP contribution in [0.25, 0.3) is 11.1 Å². The first-order chi connectivity index (χ1) is 16.8. The van der Waals surface area contributed by atoms with Crippen molar-refractivity contribution in [1.29, 1.82) is 0 Å². The zero-order chi connectivity index (χ0) is 24.9. The van der Waals surface area contributed by atoms with Crippen LogP contribution in [0.15, 0.2) is 72.8 Å². The predicted molar refractivity (Wildman–Crippen MR) is 130 cm³/mol. The highest BCUT2D eigenvalue weighted by Crippen LogP contribution is 2.44. The molecule has 180 valence electrons. The highest BCUT2D eigenvalue weighted by molar-refractivity contribution is 5.79. The average molecular weight is 475 g/mol.